The first-order valence-corrected chi connectivity index (χ1v) is 9.80. The number of unbranched alkanes of at least 4 members (excludes halogenated alkanes) is 11. The third-order valence-electron chi connectivity index (χ3n) is 4.15. The molecule has 0 saturated carbocycles. The Morgan fingerprint density at radius 2 is 1.08 bits per heavy atom. The van der Waals surface area contributed by atoms with Crippen LogP contribution in [0.4, 0.5) is 0 Å². The molecule has 0 aromatic rings. The molecule has 0 fully saturated rings. The van der Waals surface area contributed by atoms with Crippen LogP contribution in [0.5, 0.6) is 0 Å². The Bertz CT molecular complexity index is 303. The average Bonchev–Trinajstić information content (AvgIpc) is 2.46. The third kappa shape index (κ3) is 21.8. The Morgan fingerprint density at radius 3 is 1.42 bits per heavy atom. The van der Waals surface area contributed by atoms with Gasteiger partial charge < -0.3 is 34.8 Å². The molecule has 0 aliphatic rings. The van der Waals surface area contributed by atoms with E-state index in [0.717, 1.165) is 19.3 Å². The molecule has 0 aromatic heterocycles. The minimum Gasteiger partial charge on any atom is -0.742 e. The molecule has 0 rings (SSSR count). The molecular formula is C18H32Na2O2S2. The van der Waals surface area contributed by atoms with Crippen molar-refractivity contribution in [2.24, 2.45) is 5.92 Å². The molecule has 0 spiro atoms. The van der Waals surface area contributed by atoms with Gasteiger partial charge in [0.05, 0.1) is 0 Å². The second-order valence-electron chi connectivity index (χ2n) is 6.27. The second kappa shape index (κ2) is 22.8. The van der Waals surface area contributed by atoms with Gasteiger partial charge in [0, 0.05) is 16.1 Å². The van der Waals surface area contributed by atoms with E-state index in [-0.39, 0.29) is 81.7 Å². The van der Waals surface area contributed by atoms with Gasteiger partial charge in [-0.2, -0.15) is 0 Å². The van der Waals surface area contributed by atoms with Crippen LogP contribution in [0.3, 0.4) is 0 Å². The van der Waals surface area contributed by atoms with E-state index in [1.165, 1.54) is 64.2 Å². The summed E-state index contributed by atoms with van der Waals surface area (Å²) in [6.45, 7) is 2.25. The summed E-state index contributed by atoms with van der Waals surface area (Å²) in [5, 5.41) is -0.650. The summed E-state index contributed by atoms with van der Waals surface area (Å²) < 4.78 is 0. The van der Waals surface area contributed by atoms with Gasteiger partial charge in [-0.05, 0) is 12.8 Å². The Hall–Kier alpha value is 1.78. The predicted molar refractivity (Wildman–Crippen MR) is 98.5 cm³/mol. The van der Waals surface area contributed by atoms with Crippen LogP contribution in [0.1, 0.15) is 96.8 Å². The minimum absolute atomic E-state index is 0. The number of carbonyl (C=O) groups excluding carboxylic acids is 2. The van der Waals surface area contributed by atoms with E-state index in [9.17, 15) is 9.59 Å². The van der Waals surface area contributed by atoms with Gasteiger partial charge in [-0.15, -0.1) is 0 Å². The smallest absolute Gasteiger partial charge is 0.742 e. The van der Waals surface area contributed by atoms with Crippen LogP contribution in [0, 0.1) is 5.92 Å². The molecule has 24 heavy (non-hydrogen) atoms. The second-order valence-corrected chi connectivity index (χ2v) is 7.13. The van der Waals surface area contributed by atoms with Crippen molar-refractivity contribution in [2.45, 2.75) is 96.8 Å². The van der Waals surface area contributed by atoms with E-state index in [1.807, 2.05) is 0 Å². The quantitative estimate of drug-likeness (QED) is 0.197. The summed E-state index contributed by atoms with van der Waals surface area (Å²) in [5.74, 6) is -0.317. The molecule has 0 heterocycles. The Kier molecular flexibility index (Phi) is 29.0. The molecule has 1 unspecified atom stereocenters. The van der Waals surface area contributed by atoms with Gasteiger partial charge in [-0.3, -0.25) is 0 Å². The van der Waals surface area contributed by atoms with Gasteiger partial charge in [0.2, 0.25) is 0 Å². The molecule has 0 aliphatic carbocycles. The number of carbonyl (C=O) groups is 2. The maximum atomic E-state index is 11.2. The van der Waals surface area contributed by atoms with Gasteiger partial charge in [-0.1, -0.05) is 84.0 Å². The standard InChI is InChI=1S/C18H34O2S2.2Na/c1-2-3-4-5-6-7-8-9-10-11-12-13-14-16(18(20)22)15-17(19)21;;/h16H,2-15H2,1H3,(H,19,21)(H,20,22);;/q;2*+1/p-2. The van der Waals surface area contributed by atoms with Crippen LogP contribution in [-0.2, 0) is 34.8 Å². The van der Waals surface area contributed by atoms with Gasteiger partial charge >= 0.3 is 59.1 Å². The van der Waals surface area contributed by atoms with Crippen molar-refractivity contribution < 1.29 is 68.7 Å². The van der Waals surface area contributed by atoms with Crippen LogP contribution in [0.25, 0.3) is 0 Å². The van der Waals surface area contributed by atoms with Gasteiger partial charge in [0.1, 0.15) is 0 Å². The number of rotatable bonds is 16. The van der Waals surface area contributed by atoms with Crippen LogP contribution < -0.4 is 59.1 Å². The zero-order chi connectivity index (χ0) is 16.6. The fourth-order valence-corrected chi connectivity index (χ4v) is 3.14. The van der Waals surface area contributed by atoms with E-state index in [0.29, 0.717) is 0 Å². The molecule has 0 aromatic carbocycles. The molecule has 0 N–H and O–H groups in total. The van der Waals surface area contributed by atoms with Crippen molar-refractivity contribution in [3.8, 4) is 0 Å². The minimum atomic E-state index is -0.345. The molecule has 0 bridgehead atoms. The molecule has 0 aliphatic heterocycles. The van der Waals surface area contributed by atoms with Crippen LogP contribution >= 0.6 is 0 Å². The maximum absolute atomic E-state index is 11.2. The Labute approximate surface area is 204 Å². The summed E-state index contributed by atoms with van der Waals surface area (Å²) in [6, 6.07) is 0. The Morgan fingerprint density at radius 1 is 0.708 bits per heavy atom. The third-order valence-corrected chi connectivity index (χ3v) is 4.65. The van der Waals surface area contributed by atoms with Crippen molar-refractivity contribution in [1.82, 2.24) is 0 Å². The molecule has 1 atom stereocenters. The zero-order valence-electron chi connectivity index (χ0n) is 16.1. The van der Waals surface area contributed by atoms with Crippen LogP contribution in [0.15, 0.2) is 0 Å². The predicted octanol–water partition coefficient (Wildman–Crippen LogP) is -0.761. The fourth-order valence-electron chi connectivity index (χ4n) is 2.74. The summed E-state index contributed by atoms with van der Waals surface area (Å²) in [4.78, 5) is 22.1. The fraction of sp³-hybridized carbons (Fsp3) is 0.889. The molecular weight excluding hydrogens is 358 g/mol. The first kappa shape index (κ1) is 30.5. The van der Waals surface area contributed by atoms with Gasteiger partial charge in [0.25, 0.3) is 0 Å². The van der Waals surface area contributed by atoms with Crippen molar-refractivity contribution in [2.75, 3.05) is 0 Å². The first-order chi connectivity index (χ1) is 10.6. The summed E-state index contributed by atoms with van der Waals surface area (Å²) >= 11 is 9.20. The Balaban J connectivity index is -0.00000220. The van der Waals surface area contributed by atoms with Crippen molar-refractivity contribution >= 4 is 35.5 Å². The van der Waals surface area contributed by atoms with Crippen molar-refractivity contribution in [3.05, 3.63) is 0 Å². The van der Waals surface area contributed by atoms with Crippen molar-refractivity contribution in [1.29, 1.82) is 0 Å². The summed E-state index contributed by atoms with van der Waals surface area (Å²) in [6.07, 6.45) is 16.4. The molecule has 6 heteroatoms. The SMILES string of the molecule is CCCCCCCCCCCCCCC(CC(=O)[S-])C(=O)[S-].[Na+].[Na+]. The van der Waals surface area contributed by atoms with Crippen LogP contribution in [-0.4, -0.2) is 10.2 Å². The van der Waals surface area contributed by atoms with E-state index >= 15 is 0 Å². The molecule has 0 amide bonds. The van der Waals surface area contributed by atoms with E-state index < -0.39 is 0 Å². The zero-order valence-corrected chi connectivity index (χ0v) is 21.7. The van der Waals surface area contributed by atoms with E-state index in [1.54, 1.807) is 0 Å². The molecule has 0 saturated heterocycles. The maximum Gasteiger partial charge on any atom is 1.00 e. The van der Waals surface area contributed by atoms with E-state index in [2.05, 4.69) is 32.2 Å². The van der Waals surface area contributed by atoms with Crippen LogP contribution in [0.2, 0.25) is 0 Å². The largest absolute Gasteiger partial charge is 1.00 e. The average molecular weight is 391 g/mol. The van der Waals surface area contributed by atoms with Crippen molar-refractivity contribution in [3.63, 3.8) is 0 Å². The summed E-state index contributed by atoms with van der Waals surface area (Å²) in [5.41, 5.74) is 0. The van der Waals surface area contributed by atoms with Gasteiger partial charge in [-0.25, -0.2) is 0 Å². The van der Waals surface area contributed by atoms with Gasteiger partial charge in [0.15, 0.2) is 0 Å². The normalized spacial score (nSPS) is 11.2. The molecule has 130 valence electrons. The number of hydrogen-bond donors (Lipinski definition) is 0. The summed E-state index contributed by atoms with van der Waals surface area (Å²) in [7, 11) is 0. The monoisotopic (exact) mass is 390 g/mol. The molecule has 2 nitrogen and oxygen atoms in total. The first-order valence-electron chi connectivity index (χ1n) is 8.98. The topological polar surface area (TPSA) is 34.1 Å². The number of hydrogen-bond acceptors (Lipinski definition) is 4. The van der Waals surface area contributed by atoms with E-state index in [4.69, 9.17) is 0 Å². The molecule has 0 radical (unpaired) electrons.